The van der Waals surface area contributed by atoms with E-state index in [4.69, 9.17) is 9.72 Å². The highest BCUT2D eigenvalue weighted by atomic mass is 79.9. The molecule has 0 saturated carbocycles. The predicted molar refractivity (Wildman–Crippen MR) is 147 cm³/mol. The van der Waals surface area contributed by atoms with Gasteiger partial charge in [-0.25, -0.2) is 23.1 Å². The molecule has 10 heteroatoms. The van der Waals surface area contributed by atoms with Crippen LogP contribution >= 0.6 is 15.9 Å². The third-order valence-corrected chi connectivity index (χ3v) is 8.13. The molecule has 1 saturated heterocycles. The SMILES string of the molecule is CCCOc1cc(N2CCCCC2)ccc1Cc1ncc(Br)c(Nc2ccccc2S(=O)(=O)NC)n1. The van der Waals surface area contributed by atoms with Crippen LogP contribution < -0.4 is 19.7 Å². The molecule has 0 spiro atoms. The molecule has 2 N–H and O–H groups in total. The van der Waals surface area contributed by atoms with Gasteiger partial charge in [-0.3, -0.25) is 0 Å². The highest BCUT2D eigenvalue weighted by Gasteiger charge is 2.18. The van der Waals surface area contributed by atoms with Crippen molar-refractivity contribution in [2.75, 3.05) is 37.0 Å². The van der Waals surface area contributed by atoms with E-state index in [1.807, 2.05) is 0 Å². The van der Waals surface area contributed by atoms with Crippen LogP contribution in [0, 0.1) is 0 Å². The van der Waals surface area contributed by atoms with Gasteiger partial charge < -0.3 is 15.0 Å². The predicted octanol–water partition coefficient (Wildman–Crippen LogP) is 5.26. The van der Waals surface area contributed by atoms with Gasteiger partial charge in [-0.15, -0.1) is 0 Å². The van der Waals surface area contributed by atoms with Gasteiger partial charge in [0, 0.05) is 43.0 Å². The van der Waals surface area contributed by atoms with Gasteiger partial charge in [-0.05, 0) is 66.9 Å². The number of aromatic nitrogens is 2. The second-order valence-corrected chi connectivity index (χ2v) is 11.4. The van der Waals surface area contributed by atoms with Gasteiger partial charge in [0.1, 0.15) is 22.3 Å². The molecule has 0 atom stereocenters. The number of nitrogens with one attached hydrogen (secondary N) is 2. The number of rotatable bonds is 10. The van der Waals surface area contributed by atoms with Crippen LogP contribution in [0.25, 0.3) is 0 Å². The first-order chi connectivity index (χ1) is 17.4. The molecule has 0 aliphatic carbocycles. The number of hydrogen-bond acceptors (Lipinski definition) is 7. The van der Waals surface area contributed by atoms with E-state index in [9.17, 15) is 8.42 Å². The van der Waals surface area contributed by atoms with E-state index in [1.54, 1.807) is 30.5 Å². The van der Waals surface area contributed by atoms with Crippen molar-refractivity contribution in [1.29, 1.82) is 0 Å². The fraction of sp³-hybridized carbons (Fsp3) is 0.385. The number of para-hydroxylation sites is 1. The lowest BCUT2D eigenvalue weighted by Crippen LogP contribution is -2.29. The molecule has 0 radical (unpaired) electrons. The lowest BCUT2D eigenvalue weighted by Gasteiger charge is -2.29. The molecule has 4 rings (SSSR count). The van der Waals surface area contributed by atoms with Crippen molar-refractivity contribution in [2.24, 2.45) is 0 Å². The van der Waals surface area contributed by atoms with Gasteiger partial charge in [0.25, 0.3) is 0 Å². The van der Waals surface area contributed by atoms with E-state index in [0.29, 0.717) is 34.8 Å². The number of hydrogen-bond donors (Lipinski definition) is 2. The van der Waals surface area contributed by atoms with Crippen molar-refractivity contribution >= 4 is 43.1 Å². The maximum atomic E-state index is 12.5. The zero-order chi connectivity index (χ0) is 25.5. The van der Waals surface area contributed by atoms with Gasteiger partial charge in [-0.2, -0.15) is 0 Å². The van der Waals surface area contributed by atoms with Gasteiger partial charge in [0.05, 0.1) is 16.8 Å². The average molecular weight is 575 g/mol. The lowest BCUT2D eigenvalue weighted by atomic mass is 10.1. The molecule has 1 fully saturated rings. The summed E-state index contributed by atoms with van der Waals surface area (Å²) in [5.74, 6) is 1.94. The summed E-state index contributed by atoms with van der Waals surface area (Å²) in [5, 5.41) is 3.15. The minimum atomic E-state index is -3.64. The summed E-state index contributed by atoms with van der Waals surface area (Å²) in [5.41, 5.74) is 2.62. The van der Waals surface area contributed by atoms with Crippen molar-refractivity contribution < 1.29 is 13.2 Å². The zero-order valence-electron chi connectivity index (χ0n) is 20.6. The summed E-state index contributed by atoms with van der Waals surface area (Å²) >= 11 is 3.48. The normalized spacial score (nSPS) is 14.0. The van der Waals surface area contributed by atoms with Gasteiger partial charge in [0.15, 0.2) is 0 Å². The van der Waals surface area contributed by atoms with Gasteiger partial charge >= 0.3 is 0 Å². The highest BCUT2D eigenvalue weighted by molar-refractivity contribution is 9.10. The smallest absolute Gasteiger partial charge is 0.242 e. The Balaban J connectivity index is 1.61. The quantitative estimate of drug-likeness (QED) is 0.341. The molecule has 3 aromatic rings. The first-order valence-electron chi connectivity index (χ1n) is 12.2. The minimum absolute atomic E-state index is 0.142. The van der Waals surface area contributed by atoms with E-state index >= 15 is 0 Å². The van der Waals surface area contributed by atoms with Gasteiger partial charge in [-0.1, -0.05) is 25.1 Å². The van der Waals surface area contributed by atoms with E-state index in [-0.39, 0.29) is 4.90 Å². The molecule has 36 heavy (non-hydrogen) atoms. The van der Waals surface area contributed by atoms with Crippen LogP contribution in [0.4, 0.5) is 17.2 Å². The van der Waals surface area contributed by atoms with Gasteiger partial charge in [0.2, 0.25) is 10.0 Å². The molecule has 0 unspecified atom stereocenters. The van der Waals surface area contributed by atoms with Crippen molar-refractivity contribution in [1.82, 2.24) is 14.7 Å². The van der Waals surface area contributed by atoms with Crippen LogP contribution in [0.2, 0.25) is 0 Å². The Morgan fingerprint density at radius 1 is 1.11 bits per heavy atom. The molecule has 8 nitrogen and oxygen atoms in total. The molecule has 0 bridgehead atoms. The summed E-state index contributed by atoms with van der Waals surface area (Å²) < 4.78 is 34.0. The third-order valence-electron chi connectivity index (χ3n) is 6.07. The maximum Gasteiger partial charge on any atom is 0.242 e. The first-order valence-corrected chi connectivity index (χ1v) is 14.5. The fourth-order valence-corrected chi connectivity index (χ4v) is 5.35. The molecule has 0 amide bonds. The van der Waals surface area contributed by atoms with Crippen LogP contribution in [0.15, 0.2) is 58.0 Å². The van der Waals surface area contributed by atoms with Crippen LogP contribution in [-0.4, -0.2) is 45.1 Å². The van der Waals surface area contributed by atoms with E-state index < -0.39 is 10.0 Å². The summed E-state index contributed by atoms with van der Waals surface area (Å²) in [6.07, 6.45) is 6.80. The Morgan fingerprint density at radius 3 is 2.64 bits per heavy atom. The summed E-state index contributed by atoms with van der Waals surface area (Å²) in [6.45, 7) is 4.88. The fourth-order valence-electron chi connectivity index (χ4n) is 4.17. The number of halogens is 1. The Bertz CT molecular complexity index is 1300. The molecule has 2 heterocycles. The van der Waals surface area contributed by atoms with E-state index in [0.717, 1.165) is 30.8 Å². The van der Waals surface area contributed by atoms with E-state index in [1.165, 1.54) is 32.0 Å². The Hall–Kier alpha value is -2.69. The second kappa shape index (κ2) is 12.0. The molecule has 1 aromatic heterocycles. The average Bonchev–Trinajstić information content (AvgIpc) is 2.90. The largest absolute Gasteiger partial charge is 0.493 e. The maximum absolute atomic E-state index is 12.5. The topological polar surface area (TPSA) is 96.5 Å². The lowest BCUT2D eigenvalue weighted by molar-refractivity contribution is 0.314. The van der Waals surface area contributed by atoms with Crippen molar-refractivity contribution in [3.05, 3.63) is 64.5 Å². The summed E-state index contributed by atoms with van der Waals surface area (Å²) in [4.78, 5) is 11.8. The standard InChI is InChI=1S/C26H32BrN5O3S/c1-3-15-35-23-17-20(32-13-7-4-8-14-32)12-11-19(23)16-25-29-18-21(27)26(31-25)30-22-9-5-6-10-24(22)36(33,34)28-2/h5-6,9-12,17-18,28H,3-4,7-8,13-16H2,1-2H3,(H,29,30,31). The van der Waals surface area contributed by atoms with E-state index in [2.05, 4.69) is 61.0 Å². The van der Waals surface area contributed by atoms with Crippen molar-refractivity contribution in [3.8, 4) is 5.75 Å². The second-order valence-electron chi connectivity index (χ2n) is 8.68. The molecular formula is C26H32BrN5O3S. The Morgan fingerprint density at radius 2 is 1.89 bits per heavy atom. The number of nitrogens with zero attached hydrogens (tertiary/aromatic N) is 3. The minimum Gasteiger partial charge on any atom is -0.493 e. The third kappa shape index (κ3) is 6.35. The van der Waals surface area contributed by atoms with Crippen LogP contribution in [0.1, 0.15) is 44.0 Å². The number of anilines is 3. The zero-order valence-corrected chi connectivity index (χ0v) is 23.0. The number of sulfonamides is 1. The van der Waals surface area contributed by atoms with Crippen LogP contribution in [0.3, 0.4) is 0 Å². The van der Waals surface area contributed by atoms with Crippen LogP contribution in [-0.2, 0) is 16.4 Å². The van der Waals surface area contributed by atoms with Crippen LogP contribution in [0.5, 0.6) is 5.75 Å². The summed E-state index contributed by atoms with van der Waals surface area (Å²) in [6, 6.07) is 13.1. The Labute approximate surface area is 221 Å². The first kappa shape index (κ1) is 26.4. The molecule has 2 aromatic carbocycles. The monoisotopic (exact) mass is 573 g/mol. The molecule has 1 aliphatic heterocycles. The molecular weight excluding hydrogens is 542 g/mol. The highest BCUT2D eigenvalue weighted by Crippen LogP contribution is 2.31. The number of ether oxygens (including phenoxy) is 1. The number of benzene rings is 2. The van der Waals surface area contributed by atoms with Crippen molar-refractivity contribution in [3.63, 3.8) is 0 Å². The molecule has 1 aliphatic rings. The summed E-state index contributed by atoms with van der Waals surface area (Å²) in [7, 11) is -2.25. The Kier molecular flexibility index (Phi) is 8.81. The molecule has 192 valence electrons. The van der Waals surface area contributed by atoms with Crippen molar-refractivity contribution in [2.45, 2.75) is 43.9 Å². The number of piperidine rings is 1.